The molecule has 3 rings (SSSR count). The molecule has 0 aromatic heterocycles. The molecule has 116 valence electrons. The number of alkyl halides is 2. The molecule has 4 heteroatoms. The van der Waals surface area contributed by atoms with E-state index >= 15 is 0 Å². The van der Waals surface area contributed by atoms with E-state index in [1.807, 2.05) is 18.9 Å². The Kier molecular flexibility index (Phi) is 3.76. The second kappa shape index (κ2) is 5.31. The largest absolute Gasteiger partial charge is 0.294 e. The first-order valence-corrected chi connectivity index (χ1v) is 7.79. The predicted molar refractivity (Wildman–Crippen MR) is 77.1 cm³/mol. The summed E-state index contributed by atoms with van der Waals surface area (Å²) in [6.45, 7) is 2.04. The molecule has 0 saturated carbocycles. The van der Waals surface area contributed by atoms with Gasteiger partial charge in [-0.15, -0.1) is 0 Å². The molecule has 2 bridgehead atoms. The van der Waals surface area contributed by atoms with Gasteiger partial charge in [0.15, 0.2) is 0 Å². The molecule has 1 aromatic carbocycles. The predicted octanol–water partition coefficient (Wildman–Crippen LogP) is 4.44. The number of nitrogens with zero attached hydrogens (tertiary/aromatic N) is 1. The van der Waals surface area contributed by atoms with Gasteiger partial charge in [0.1, 0.15) is 5.82 Å². The van der Waals surface area contributed by atoms with Gasteiger partial charge in [0.05, 0.1) is 6.04 Å². The van der Waals surface area contributed by atoms with Crippen LogP contribution in [0.25, 0.3) is 0 Å². The molecule has 0 amide bonds. The van der Waals surface area contributed by atoms with E-state index in [9.17, 15) is 13.2 Å². The summed E-state index contributed by atoms with van der Waals surface area (Å²) in [5.74, 6) is -2.81. The van der Waals surface area contributed by atoms with Gasteiger partial charge in [-0.05, 0) is 49.4 Å². The third-order valence-corrected chi connectivity index (χ3v) is 5.32. The van der Waals surface area contributed by atoms with Crippen molar-refractivity contribution in [3.63, 3.8) is 0 Å². The average molecular weight is 297 g/mol. The Bertz CT molecular complexity index is 499. The molecule has 0 radical (unpaired) electrons. The Morgan fingerprint density at radius 1 is 1.24 bits per heavy atom. The molecular weight excluding hydrogens is 275 g/mol. The summed E-state index contributed by atoms with van der Waals surface area (Å²) < 4.78 is 41.9. The molecular formula is C17H22F3N. The van der Waals surface area contributed by atoms with Gasteiger partial charge in [0.2, 0.25) is 0 Å². The van der Waals surface area contributed by atoms with Crippen LogP contribution < -0.4 is 0 Å². The third kappa shape index (κ3) is 2.48. The maximum absolute atomic E-state index is 14.4. The average Bonchev–Trinajstić information content (AvgIpc) is 2.57. The normalized spacial score (nSPS) is 35.1. The van der Waals surface area contributed by atoms with E-state index < -0.39 is 12.0 Å². The molecule has 0 unspecified atom stereocenters. The van der Waals surface area contributed by atoms with Crippen LogP contribution in [-0.2, 0) is 0 Å². The molecule has 2 fully saturated rings. The fourth-order valence-corrected chi connectivity index (χ4v) is 4.44. The molecule has 1 aromatic rings. The number of halogens is 3. The summed E-state index contributed by atoms with van der Waals surface area (Å²) >= 11 is 0. The van der Waals surface area contributed by atoms with Crippen molar-refractivity contribution in [2.75, 3.05) is 7.05 Å². The van der Waals surface area contributed by atoms with Crippen molar-refractivity contribution >= 4 is 0 Å². The van der Waals surface area contributed by atoms with Crippen LogP contribution >= 0.6 is 0 Å². The van der Waals surface area contributed by atoms with Crippen LogP contribution in [0.15, 0.2) is 24.3 Å². The van der Waals surface area contributed by atoms with E-state index in [-0.39, 0.29) is 30.1 Å². The van der Waals surface area contributed by atoms with Crippen LogP contribution in [0.4, 0.5) is 13.2 Å². The number of hydrogen-bond donors (Lipinski definition) is 0. The van der Waals surface area contributed by atoms with Crippen molar-refractivity contribution in [3.8, 4) is 0 Å². The van der Waals surface area contributed by atoms with Gasteiger partial charge in [0, 0.05) is 12.5 Å². The molecule has 2 aliphatic rings. The van der Waals surface area contributed by atoms with Crippen LogP contribution in [-0.4, -0.2) is 30.0 Å². The van der Waals surface area contributed by atoms with Crippen LogP contribution in [0.5, 0.6) is 0 Å². The molecule has 1 nitrogen and oxygen atoms in total. The highest BCUT2D eigenvalue weighted by Crippen LogP contribution is 2.53. The topological polar surface area (TPSA) is 3.24 Å². The zero-order chi connectivity index (χ0) is 15.2. The first-order valence-electron chi connectivity index (χ1n) is 7.79. The molecule has 2 aliphatic heterocycles. The smallest absolute Gasteiger partial charge is 0.265 e. The maximum atomic E-state index is 14.4. The van der Waals surface area contributed by atoms with Gasteiger partial charge in [-0.25, -0.2) is 13.2 Å². The van der Waals surface area contributed by atoms with Crippen LogP contribution in [0, 0.1) is 11.7 Å². The summed E-state index contributed by atoms with van der Waals surface area (Å²) in [5.41, 5.74) is 1.01. The number of rotatable bonds is 3. The van der Waals surface area contributed by atoms with Crippen LogP contribution in [0.1, 0.15) is 44.1 Å². The minimum atomic E-state index is -2.60. The lowest BCUT2D eigenvalue weighted by atomic mass is 9.74. The lowest BCUT2D eigenvalue weighted by Crippen LogP contribution is -2.50. The van der Waals surface area contributed by atoms with E-state index in [2.05, 4.69) is 0 Å². The Morgan fingerprint density at radius 3 is 2.52 bits per heavy atom. The molecule has 0 N–H and O–H groups in total. The summed E-state index contributed by atoms with van der Waals surface area (Å²) in [7, 11) is 1.83. The Hall–Kier alpha value is -1.03. The zero-order valence-electron chi connectivity index (χ0n) is 12.5. The second-order valence-corrected chi connectivity index (χ2v) is 6.58. The minimum Gasteiger partial charge on any atom is -0.294 e. The van der Waals surface area contributed by atoms with E-state index in [1.54, 1.807) is 12.1 Å². The first-order chi connectivity index (χ1) is 9.94. The van der Waals surface area contributed by atoms with Crippen LogP contribution in [0.3, 0.4) is 0 Å². The molecule has 21 heavy (non-hydrogen) atoms. The van der Waals surface area contributed by atoms with Gasteiger partial charge in [-0.2, -0.15) is 0 Å². The molecule has 0 spiro atoms. The molecule has 2 heterocycles. The molecule has 4 atom stereocenters. The minimum absolute atomic E-state index is 0.0356. The van der Waals surface area contributed by atoms with Crippen molar-refractivity contribution in [3.05, 3.63) is 35.6 Å². The van der Waals surface area contributed by atoms with E-state index in [4.69, 9.17) is 0 Å². The van der Waals surface area contributed by atoms with Gasteiger partial charge in [-0.3, -0.25) is 4.90 Å². The number of benzene rings is 1. The fraction of sp³-hybridized carbons (Fsp3) is 0.647. The summed E-state index contributed by atoms with van der Waals surface area (Å²) in [6, 6.07) is 5.68. The number of fused-ring (bicyclic) bond motifs is 2. The van der Waals surface area contributed by atoms with Gasteiger partial charge in [-0.1, -0.05) is 25.5 Å². The van der Waals surface area contributed by atoms with Crippen molar-refractivity contribution < 1.29 is 13.2 Å². The Balaban J connectivity index is 1.96. The highest BCUT2D eigenvalue weighted by Gasteiger charge is 2.60. The zero-order valence-corrected chi connectivity index (χ0v) is 12.5. The molecule has 0 aliphatic carbocycles. The van der Waals surface area contributed by atoms with Crippen molar-refractivity contribution in [2.24, 2.45) is 5.92 Å². The maximum Gasteiger partial charge on any atom is 0.265 e. The summed E-state index contributed by atoms with van der Waals surface area (Å²) in [4.78, 5) is 1.89. The highest BCUT2D eigenvalue weighted by atomic mass is 19.3. The SMILES string of the molecule is CCC[C@H]1[C@H](c2ccc(F)cc2)C[C@H]2CC(F)(F)[C@@H]1N2C. The summed E-state index contributed by atoms with van der Waals surface area (Å²) in [6.07, 6.45) is 2.40. The van der Waals surface area contributed by atoms with E-state index in [1.165, 1.54) is 12.1 Å². The van der Waals surface area contributed by atoms with Crippen molar-refractivity contribution in [2.45, 2.75) is 56.5 Å². The second-order valence-electron chi connectivity index (χ2n) is 6.58. The third-order valence-electron chi connectivity index (χ3n) is 5.32. The van der Waals surface area contributed by atoms with E-state index in [0.717, 1.165) is 24.8 Å². The highest BCUT2D eigenvalue weighted by molar-refractivity contribution is 5.25. The lowest BCUT2D eigenvalue weighted by Gasteiger charge is -2.43. The van der Waals surface area contributed by atoms with Gasteiger partial charge in [0.25, 0.3) is 5.92 Å². The Labute approximate surface area is 124 Å². The quantitative estimate of drug-likeness (QED) is 0.797. The number of piperidine rings is 1. The Morgan fingerprint density at radius 2 is 1.90 bits per heavy atom. The fourth-order valence-electron chi connectivity index (χ4n) is 4.44. The van der Waals surface area contributed by atoms with Gasteiger partial charge >= 0.3 is 0 Å². The van der Waals surface area contributed by atoms with E-state index in [0.29, 0.717) is 0 Å². The monoisotopic (exact) mass is 297 g/mol. The van der Waals surface area contributed by atoms with Crippen LogP contribution in [0.2, 0.25) is 0 Å². The van der Waals surface area contributed by atoms with Crippen molar-refractivity contribution in [1.29, 1.82) is 0 Å². The lowest BCUT2D eigenvalue weighted by molar-refractivity contribution is -0.0614. The number of hydrogen-bond acceptors (Lipinski definition) is 1. The first kappa shape index (κ1) is 14.9. The molecule has 2 saturated heterocycles. The van der Waals surface area contributed by atoms with Gasteiger partial charge < -0.3 is 0 Å². The van der Waals surface area contributed by atoms with Crippen molar-refractivity contribution in [1.82, 2.24) is 4.90 Å². The summed E-state index contributed by atoms with van der Waals surface area (Å²) in [5, 5.41) is 0. The standard InChI is InChI=1S/C17H22F3N/c1-3-4-14-15(11-5-7-12(18)8-6-11)9-13-10-17(19,20)16(14)21(13)2/h5-8,13-16H,3-4,9-10H2,1-2H3/t13-,14-,15-,16+/m0/s1.